The molecule has 0 saturated heterocycles. The predicted molar refractivity (Wildman–Crippen MR) is 98.6 cm³/mol. The predicted octanol–water partition coefficient (Wildman–Crippen LogP) is 3.86. The summed E-state index contributed by atoms with van der Waals surface area (Å²) in [7, 11) is 0. The van der Waals surface area contributed by atoms with Crippen LogP contribution in [-0.4, -0.2) is 30.1 Å². The molecule has 0 spiro atoms. The third-order valence-corrected chi connectivity index (χ3v) is 3.92. The monoisotopic (exact) mass is 344 g/mol. The summed E-state index contributed by atoms with van der Waals surface area (Å²) in [5.41, 5.74) is 2.87. The minimum Gasteiger partial charge on any atom is -0.441 e. The highest BCUT2D eigenvalue weighted by atomic mass is 16.5. The first-order valence-electron chi connectivity index (χ1n) is 8.81. The van der Waals surface area contributed by atoms with Crippen LogP contribution in [0.3, 0.4) is 0 Å². The molecule has 0 aliphatic rings. The molecule has 1 aromatic carbocycles. The summed E-state index contributed by atoms with van der Waals surface area (Å²) in [6, 6.07) is 8.18. The van der Waals surface area contributed by atoms with Gasteiger partial charge in [0.1, 0.15) is 5.76 Å². The minimum atomic E-state index is -0.0783. The van der Waals surface area contributed by atoms with Gasteiger partial charge in [0.05, 0.1) is 24.8 Å². The molecule has 0 bridgehead atoms. The van der Waals surface area contributed by atoms with Crippen molar-refractivity contribution in [3.63, 3.8) is 0 Å². The Morgan fingerprint density at radius 3 is 2.48 bits per heavy atom. The Bertz CT molecular complexity index is 687. The molecule has 0 aliphatic carbocycles. The van der Waals surface area contributed by atoms with Crippen LogP contribution >= 0.6 is 0 Å². The Labute approximate surface area is 149 Å². The van der Waals surface area contributed by atoms with Crippen molar-refractivity contribution < 1.29 is 13.9 Å². The van der Waals surface area contributed by atoms with Crippen molar-refractivity contribution in [2.75, 3.05) is 13.2 Å². The van der Waals surface area contributed by atoms with Crippen LogP contribution in [0.15, 0.2) is 28.7 Å². The molecule has 1 aromatic heterocycles. The highest BCUT2D eigenvalue weighted by molar-refractivity contribution is 5.78. The number of carbonyl (C=O) groups excluding carboxylic acids is 1. The number of ether oxygens (including phenoxy) is 1. The van der Waals surface area contributed by atoms with Crippen molar-refractivity contribution >= 4 is 5.91 Å². The molecule has 2 rings (SSSR count). The molecule has 136 valence electrons. The highest BCUT2D eigenvalue weighted by Gasteiger charge is 2.14. The molecule has 25 heavy (non-hydrogen) atoms. The zero-order chi connectivity index (χ0) is 18.4. The summed E-state index contributed by atoms with van der Waals surface area (Å²) in [5, 5.41) is 2.84. The first-order chi connectivity index (χ1) is 11.9. The average Bonchev–Trinajstić information content (AvgIpc) is 2.92. The Hall–Kier alpha value is -2.14. The van der Waals surface area contributed by atoms with Gasteiger partial charge in [-0.25, -0.2) is 4.98 Å². The van der Waals surface area contributed by atoms with Crippen LogP contribution in [0, 0.1) is 6.92 Å². The lowest BCUT2D eigenvalue weighted by Crippen LogP contribution is -2.29. The standard InChI is InChI=1S/C20H28N2O3/c1-13(2)16-6-8-17(9-7-16)20-22-18(15(5)25-20)12-19(23)21-10-11-24-14(3)4/h6-9,13-14H,10-12H2,1-5H3,(H,21,23). The van der Waals surface area contributed by atoms with Gasteiger partial charge in [-0.15, -0.1) is 0 Å². The fraction of sp³-hybridized carbons (Fsp3) is 0.500. The second-order valence-corrected chi connectivity index (χ2v) is 6.74. The van der Waals surface area contributed by atoms with Gasteiger partial charge in [0.15, 0.2) is 0 Å². The second-order valence-electron chi connectivity index (χ2n) is 6.74. The van der Waals surface area contributed by atoms with Gasteiger partial charge in [-0.1, -0.05) is 26.0 Å². The molecule has 0 saturated carbocycles. The minimum absolute atomic E-state index is 0.0783. The lowest BCUT2D eigenvalue weighted by Gasteiger charge is -2.08. The van der Waals surface area contributed by atoms with Gasteiger partial charge in [-0.2, -0.15) is 0 Å². The first kappa shape index (κ1) is 19.2. The summed E-state index contributed by atoms with van der Waals surface area (Å²) in [4.78, 5) is 16.5. The number of aryl methyl sites for hydroxylation is 1. The number of hydrogen-bond acceptors (Lipinski definition) is 4. The van der Waals surface area contributed by atoms with Gasteiger partial charge in [0.2, 0.25) is 11.8 Å². The smallest absolute Gasteiger partial charge is 0.226 e. The molecule has 1 amide bonds. The van der Waals surface area contributed by atoms with E-state index in [2.05, 4.69) is 36.3 Å². The third-order valence-electron chi connectivity index (χ3n) is 3.92. The SMILES string of the molecule is Cc1oc(-c2ccc(C(C)C)cc2)nc1CC(=O)NCCOC(C)C. The molecule has 2 aromatic rings. The summed E-state index contributed by atoms with van der Waals surface area (Å²) in [6.45, 7) is 11.1. The van der Waals surface area contributed by atoms with Crippen LogP contribution in [0.4, 0.5) is 0 Å². The van der Waals surface area contributed by atoms with Crippen molar-refractivity contribution in [2.24, 2.45) is 0 Å². The van der Waals surface area contributed by atoms with E-state index >= 15 is 0 Å². The molecule has 0 aliphatic heterocycles. The lowest BCUT2D eigenvalue weighted by atomic mass is 10.0. The molecule has 0 atom stereocenters. The zero-order valence-corrected chi connectivity index (χ0v) is 15.8. The molecule has 1 N–H and O–H groups in total. The van der Waals surface area contributed by atoms with Crippen LogP contribution in [0.1, 0.15) is 50.6 Å². The zero-order valence-electron chi connectivity index (χ0n) is 15.8. The summed E-state index contributed by atoms with van der Waals surface area (Å²) < 4.78 is 11.1. The van der Waals surface area contributed by atoms with Gasteiger partial charge in [0, 0.05) is 12.1 Å². The fourth-order valence-electron chi connectivity index (χ4n) is 2.43. The van der Waals surface area contributed by atoms with Crippen molar-refractivity contribution in [3.8, 4) is 11.5 Å². The maximum Gasteiger partial charge on any atom is 0.226 e. The molecule has 0 fully saturated rings. The second kappa shape index (κ2) is 8.81. The number of amides is 1. The van der Waals surface area contributed by atoms with E-state index in [1.807, 2.05) is 32.9 Å². The van der Waals surface area contributed by atoms with E-state index in [9.17, 15) is 4.79 Å². The molecule has 0 radical (unpaired) electrons. The Morgan fingerprint density at radius 1 is 1.20 bits per heavy atom. The van der Waals surface area contributed by atoms with Crippen LogP contribution in [0.5, 0.6) is 0 Å². The van der Waals surface area contributed by atoms with Crippen LogP contribution in [0.2, 0.25) is 0 Å². The van der Waals surface area contributed by atoms with Crippen LogP contribution < -0.4 is 5.32 Å². The van der Waals surface area contributed by atoms with E-state index < -0.39 is 0 Å². The van der Waals surface area contributed by atoms with E-state index in [4.69, 9.17) is 9.15 Å². The van der Waals surface area contributed by atoms with Gasteiger partial charge >= 0.3 is 0 Å². The van der Waals surface area contributed by atoms with Crippen molar-refractivity contribution in [1.29, 1.82) is 0 Å². The molecular weight excluding hydrogens is 316 g/mol. The van der Waals surface area contributed by atoms with Crippen molar-refractivity contribution in [3.05, 3.63) is 41.3 Å². The van der Waals surface area contributed by atoms with E-state index in [-0.39, 0.29) is 18.4 Å². The number of benzene rings is 1. The van der Waals surface area contributed by atoms with E-state index in [1.54, 1.807) is 0 Å². The summed E-state index contributed by atoms with van der Waals surface area (Å²) in [5.74, 6) is 1.64. The summed E-state index contributed by atoms with van der Waals surface area (Å²) in [6.07, 6.45) is 0.375. The maximum absolute atomic E-state index is 12.0. The third kappa shape index (κ3) is 5.71. The lowest BCUT2D eigenvalue weighted by molar-refractivity contribution is -0.120. The number of nitrogens with zero attached hydrogens (tertiary/aromatic N) is 1. The van der Waals surface area contributed by atoms with Gasteiger partial charge in [0.25, 0.3) is 0 Å². The number of oxazole rings is 1. The number of carbonyl (C=O) groups is 1. The largest absolute Gasteiger partial charge is 0.441 e. The highest BCUT2D eigenvalue weighted by Crippen LogP contribution is 2.24. The van der Waals surface area contributed by atoms with Crippen molar-refractivity contribution in [1.82, 2.24) is 10.3 Å². The molecule has 1 heterocycles. The fourth-order valence-corrected chi connectivity index (χ4v) is 2.43. The van der Waals surface area contributed by atoms with Gasteiger partial charge in [-0.3, -0.25) is 4.79 Å². The van der Waals surface area contributed by atoms with Crippen LogP contribution in [-0.2, 0) is 16.0 Å². The molecular formula is C20H28N2O3. The van der Waals surface area contributed by atoms with E-state index in [0.717, 1.165) is 5.56 Å². The number of aromatic nitrogens is 1. The van der Waals surface area contributed by atoms with Gasteiger partial charge in [-0.05, 0) is 44.4 Å². The normalized spacial score (nSPS) is 11.3. The average molecular weight is 344 g/mol. The maximum atomic E-state index is 12.0. The molecule has 0 unspecified atom stereocenters. The quantitative estimate of drug-likeness (QED) is 0.739. The first-order valence-corrected chi connectivity index (χ1v) is 8.81. The van der Waals surface area contributed by atoms with Gasteiger partial charge < -0.3 is 14.5 Å². The molecule has 5 heteroatoms. The molecule has 5 nitrogen and oxygen atoms in total. The van der Waals surface area contributed by atoms with E-state index in [1.165, 1.54) is 5.56 Å². The van der Waals surface area contributed by atoms with Crippen LogP contribution in [0.25, 0.3) is 11.5 Å². The Morgan fingerprint density at radius 2 is 1.88 bits per heavy atom. The van der Waals surface area contributed by atoms with E-state index in [0.29, 0.717) is 36.4 Å². The number of hydrogen-bond donors (Lipinski definition) is 1. The Kier molecular flexibility index (Phi) is 6.76. The Balaban J connectivity index is 1.96. The number of nitrogens with one attached hydrogen (secondary N) is 1. The van der Waals surface area contributed by atoms with Crippen molar-refractivity contribution in [2.45, 2.75) is 53.1 Å². The summed E-state index contributed by atoms with van der Waals surface area (Å²) >= 11 is 0. The number of rotatable bonds is 8. The topological polar surface area (TPSA) is 64.4 Å².